The summed E-state index contributed by atoms with van der Waals surface area (Å²) in [5.41, 5.74) is 5.71. The van der Waals surface area contributed by atoms with E-state index in [2.05, 4.69) is 9.71 Å². The highest BCUT2D eigenvalue weighted by Gasteiger charge is 2.19. The van der Waals surface area contributed by atoms with Crippen molar-refractivity contribution in [3.8, 4) is 11.5 Å². The molecule has 2 rings (SSSR count). The predicted octanol–water partition coefficient (Wildman–Crippen LogP) is -0.330. The van der Waals surface area contributed by atoms with Gasteiger partial charge in [-0.25, -0.2) is 13.4 Å². The van der Waals surface area contributed by atoms with E-state index in [0.29, 0.717) is 0 Å². The third-order valence-electron chi connectivity index (χ3n) is 2.42. The lowest BCUT2D eigenvalue weighted by atomic mass is 9.99. The number of rotatable bonds is 3. The Morgan fingerprint density at radius 2 is 1.90 bits per heavy atom. The largest absolute Gasteiger partial charge is 0.504 e. The molecule has 0 amide bonds. The summed E-state index contributed by atoms with van der Waals surface area (Å²) in [5, 5.41) is 18.5. The Bertz CT molecular complexity index is 764. The zero-order chi connectivity index (χ0) is 14.9. The van der Waals surface area contributed by atoms with Gasteiger partial charge >= 0.3 is 0 Å². The molecule has 0 fully saturated rings. The van der Waals surface area contributed by atoms with Gasteiger partial charge in [0.2, 0.25) is 0 Å². The molecular weight excluding hydrogens is 281 g/mol. The van der Waals surface area contributed by atoms with E-state index in [-0.39, 0.29) is 27.6 Å². The molecule has 1 aromatic carbocycles. The molecule has 20 heavy (non-hydrogen) atoms. The zero-order valence-corrected chi connectivity index (χ0v) is 10.9. The Balaban J connectivity index is 2.40. The van der Waals surface area contributed by atoms with Crippen LogP contribution in [0.4, 0.5) is 11.5 Å². The van der Waals surface area contributed by atoms with Gasteiger partial charge in [0.25, 0.3) is 10.0 Å². The van der Waals surface area contributed by atoms with Crippen LogP contribution in [0.1, 0.15) is 0 Å². The molecule has 7 nitrogen and oxygen atoms in total. The number of pyridine rings is 1. The number of nitrogens with two attached hydrogens (primary N) is 1. The van der Waals surface area contributed by atoms with Crippen LogP contribution in [0.3, 0.4) is 0 Å². The van der Waals surface area contributed by atoms with Gasteiger partial charge in [-0.15, -0.1) is 0 Å². The Morgan fingerprint density at radius 3 is 2.55 bits per heavy atom. The summed E-state index contributed by atoms with van der Waals surface area (Å²) in [7, 11) is 1.47. The fourth-order valence-electron chi connectivity index (χ4n) is 1.48. The number of benzene rings is 1. The van der Waals surface area contributed by atoms with Crippen molar-refractivity contribution in [1.29, 1.82) is 0 Å². The highest BCUT2D eigenvalue weighted by Crippen LogP contribution is 2.28. The van der Waals surface area contributed by atoms with Gasteiger partial charge in [0.15, 0.2) is 11.5 Å². The second kappa shape index (κ2) is 4.93. The van der Waals surface area contributed by atoms with Gasteiger partial charge in [0, 0.05) is 12.3 Å². The molecule has 0 saturated carbocycles. The summed E-state index contributed by atoms with van der Waals surface area (Å²) in [6.45, 7) is 0. The van der Waals surface area contributed by atoms with Gasteiger partial charge in [0.1, 0.15) is 18.6 Å². The number of nitrogen functional groups attached to an aromatic ring is 1. The maximum atomic E-state index is 12.1. The number of phenols is 2. The Hall–Kier alpha value is -2.42. The first-order chi connectivity index (χ1) is 9.29. The summed E-state index contributed by atoms with van der Waals surface area (Å²) >= 11 is 0. The van der Waals surface area contributed by atoms with Crippen LogP contribution in [0.15, 0.2) is 35.4 Å². The number of phenolic OH excluding ortho intramolecular Hbond substituents is 2. The maximum absolute atomic E-state index is 12.1. The maximum Gasteiger partial charge on any atom is 0.265 e. The molecule has 0 aliphatic heterocycles. The van der Waals surface area contributed by atoms with E-state index in [1.54, 1.807) is 0 Å². The standard InChI is InChI=1S/C11H10BN3O4S/c12-6-3-10(11(13)14-5-6)20(18,19)15-7-1-2-8(16)9(17)4-7/h1-5,15-17H,(H2,13,14). The summed E-state index contributed by atoms with van der Waals surface area (Å²) in [5.74, 6) is -1.02. The van der Waals surface area contributed by atoms with Gasteiger partial charge < -0.3 is 15.9 Å². The number of hydrogen-bond donors (Lipinski definition) is 4. The fourth-order valence-corrected chi connectivity index (χ4v) is 2.65. The number of aromatic nitrogens is 1. The molecule has 0 saturated heterocycles. The minimum Gasteiger partial charge on any atom is -0.504 e. The molecule has 2 radical (unpaired) electrons. The van der Waals surface area contributed by atoms with Crippen LogP contribution in [0, 0.1) is 0 Å². The third kappa shape index (κ3) is 2.77. The monoisotopic (exact) mass is 291 g/mol. The van der Waals surface area contributed by atoms with Crippen molar-refractivity contribution >= 4 is 34.8 Å². The number of sulfonamides is 1. The van der Waals surface area contributed by atoms with Crippen molar-refractivity contribution in [2.45, 2.75) is 4.90 Å². The molecule has 0 atom stereocenters. The molecule has 0 aliphatic rings. The molecule has 5 N–H and O–H groups in total. The summed E-state index contributed by atoms with van der Waals surface area (Å²) in [4.78, 5) is 3.39. The Kier molecular flexibility index (Phi) is 3.45. The molecule has 102 valence electrons. The quantitative estimate of drug-likeness (QED) is 0.348. The second-order valence-corrected chi connectivity index (χ2v) is 5.61. The van der Waals surface area contributed by atoms with E-state index < -0.39 is 15.8 Å². The smallest absolute Gasteiger partial charge is 0.265 e. The van der Waals surface area contributed by atoms with Gasteiger partial charge in [-0.1, -0.05) is 5.46 Å². The first kappa shape index (κ1) is 14.0. The van der Waals surface area contributed by atoms with Crippen LogP contribution in [-0.2, 0) is 10.0 Å². The zero-order valence-electron chi connectivity index (χ0n) is 10.1. The van der Waals surface area contributed by atoms with E-state index in [1.165, 1.54) is 18.3 Å². The second-order valence-electron chi connectivity index (χ2n) is 3.96. The average molecular weight is 291 g/mol. The van der Waals surface area contributed by atoms with Crippen molar-refractivity contribution in [3.63, 3.8) is 0 Å². The number of aromatic hydroxyl groups is 2. The Morgan fingerprint density at radius 1 is 1.20 bits per heavy atom. The minimum absolute atomic E-state index is 0.0575. The lowest BCUT2D eigenvalue weighted by molar-refractivity contribution is 0.404. The molecule has 0 unspecified atom stereocenters. The molecular formula is C11H10BN3O4S. The van der Waals surface area contributed by atoms with Crippen LogP contribution < -0.4 is 15.9 Å². The molecule has 2 aromatic rings. The molecule has 0 spiro atoms. The normalized spacial score (nSPS) is 11.2. The molecule has 1 aromatic heterocycles. The summed E-state index contributed by atoms with van der Waals surface area (Å²) in [6.07, 6.45) is 1.24. The summed E-state index contributed by atoms with van der Waals surface area (Å²) < 4.78 is 26.5. The lowest BCUT2D eigenvalue weighted by Crippen LogP contribution is -2.18. The Labute approximate surface area is 116 Å². The van der Waals surface area contributed by atoms with Gasteiger partial charge in [0.05, 0.1) is 5.69 Å². The van der Waals surface area contributed by atoms with Gasteiger partial charge in [-0.3, -0.25) is 4.72 Å². The first-order valence-corrected chi connectivity index (χ1v) is 6.84. The third-order valence-corrected chi connectivity index (χ3v) is 3.83. The van der Waals surface area contributed by atoms with Gasteiger partial charge in [-0.2, -0.15) is 0 Å². The average Bonchev–Trinajstić information content (AvgIpc) is 2.36. The predicted molar refractivity (Wildman–Crippen MR) is 74.6 cm³/mol. The highest BCUT2D eigenvalue weighted by molar-refractivity contribution is 7.92. The highest BCUT2D eigenvalue weighted by atomic mass is 32.2. The summed E-state index contributed by atoms with van der Waals surface area (Å²) in [6, 6.07) is 4.66. The molecule has 0 bridgehead atoms. The first-order valence-electron chi connectivity index (χ1n) is 5.35. The number of hydrogen-bond acceptors (Lipinski definition) is 6. The number of anilines is 2. The number of nitrogens with one attached hydrogen (secondary N) is 1. The van der Waals surface area contributed by atoms with E-state index in [4.69, 9.17) is 18.7 Å². The molecule has 1 heterocycles. The SMILES string of the molecule is [B]c1cnc(N)c(S(=O)(=O)Nc2ccc(O)c(O)c2)c1. The van der Waals surface area contributed by atoms with E-state index in [1.807, 2.05) is 0 Å². The molecule has 0 aliphatic carbocycles. The van der Waals surface area contributed by atoms with Crippen LogP contribution in [0.2, 0.25) is 0 Å². The van der Waals surface area contributed by atoms with Gasteiger partial charge in [-0.05, 0) is 18.2 Å². The van der Waals surface area contributed by atoms with E-state index in [0.717, 1.165) is 12.1 Å². The van der Waals surface area contributed by atoms with E-state index >= 15 is 0 Å². The lowest BCUT2D eigenvalue weighted by Gasteiger charge is -2.10. The topological polar surface area (TPSA) is 126 Å². The van der Waals surface area contributed by atoms with Crippen molar-refractivity contribution in [2.75, 3.05) is 10.5 Å². The van der Waals surface area contributed by atoms with E-state index in [9.17, 15) is 13.5 Å². The van der Waals surface area contributed by atoms with Crippen molar-refractivity contribution < 1.29 is 18.6 Å². The van der Waals surface area contributed by atoms with Crippen LogP contribution in [0.5, 0.6) is 11.5 Å². The van der Waals surface area contributed by atoms with Crippen LogP contribution >= 0.6 is 0 Å². The number of nitrogens with zero attached hydrogens (tertiary/aromatic N) is 1. The fraction of sp³-hybridized carbons (Fsp3) is 0. The minimum atomic E-state index is -4.01. The van der Waals surface area contributed by atoms with Crippen molar-refractivity contribution in [2.24, 2.45) is 0 Å². The van der Waals surface area contributed by atoms with Crippen molar-refractivity contribution in [1.82, 2.24) is 4.98 Å². The van der Waals surface area contributed by atoms with Crippen molar-refractivity contribution in [3.05, 3.63) is 30.5 Å². The van der Waals surface area contributed by atoms with Crippen LogP contribution in [0.25, 0.3) is 0 Å². The van der Waals surface area contributed by atoms with Crippen LogP contribution in [-0.4, -0.2) is 31.5 Å². The molecule has 9 heteroatoms.